The lowest BCUT2D eigenvalue weighted by atomic mass is 10.1. The van der Waals surface area contributed by atoms with E-state index in [0.29, 0.717) is 0 Å². The van der Waals surface area contributed by atoms with Crippen LogP contribution in [-0.4, -0.2) is 34.3 Å². The second kappa shape index (κ2) is 3.25. The van der Waals surface area contributed by atoms with Gasteiger partial charge >= 0.3 is 0 Å². The minimum absolute atomic E-state index is 0.958. The Labute approximate surface area is 40.6 Å². The van der Waals surface area contributed by atoms with E-state index in [-0.39, 0.29) is 0 Å². The predicted molar refractivity (Wildman–Crippen MR) is 32.5 cm³/mol. The zero-order chi connectivity index (χ0) is 4.99. The molecule has 0 aromatic heterocycles. The minimum atomic E-state index is 0.958. The van der Waals surface area contributed by atoms with E-state index in [1.165, 1.54) is 0 Å². The van der Waals surface area contributed by atoms with Crippen molar-refractivity contribution >= 4 is 15.5 Å². The molecule has 0 bridgehead atoms. The van der Waals surface area contributed by atoms with Crippen molar-refractivity contribution in [2.75, 3.05) is 14.1 Å². The standard InChI is InChI=1S/C2H10B2N2/c1-5-4-6(2)3/h4-5H,3H2,1-2H3. The highest BCUT2D eigenvalue weighted by atomic mass is 15.0. The summed E-state index contributed by atoms with van der Waals surface area (Å²) >= 11 is 0. The summed E-state index contributed by atoms with van der Waals surface area (Å²) in [5.74, 6) is 0. The molecule has 4 heteroatoms. The summed E-state index contributed by atoms with van der Waals surface area (Å²) in [5, 5.41) is 2.99. The molecule has 0 fully saturated rings. The maximum absolute atomic E-state index is 2.99. The molecule has 0 aliphatic heterocycles. The van der Waals surface area contributed by atoms with E-state index < -0.39 is 0 Å². The molecule has 2 nitrogen and oxygen atoms in total. The molecule has 0 saturated heterocycles. The number of nitrogens with one attached hydrogen (secondary N) is 1. The van der Waals surface area contributed by atoms with Gasteiger partial charge in [-0.25, -0.2) is 0 Å². The van der Waals surface area contributed by atoms with Gasteiger partial charge in [0.15, 0.2) is 7.98 Å². The second-order valence-electron chi connectivity index (χ2n) is 1.59. The second-order valence-corrected chi connectivity index (χ2v) is 1.59. The van der Waals surface area contributed by atoms with Crippen molar-refractivity contribution in [1.82, 2.24) is 9.95 Å². The molecule has 0 saturated carbocycles. The van der Waals surface area contributed by atoms with Crippen molar-refractivity contribution in [2.24, 2.45) is 0 Å². The van der Waals surface area contributed by atoms with E-state index in [9.17, 15) is 0 Å². The molecule has 1 N–H and O–H groups in total. The Bertz CT molecular complexity index is 30.7. The minimum Gasteiger partial charge on any atom is -0.382 e. The van der Waals surface area contributed by atoms with Crippen molar-refractivity contribution in [3.8, 4) is 0 Å². The highest BCUT2D eigenvalue weighted by Crippen LogP contribution is 1.54. The van der Waals surface area contributed by atoms with Crippen LogP contribution in [0.4, 0.5) is 0 Å². The summed E-state index contributed by atoms with van der Waals surface area (Å²) < 4.78 is 2.07. The largest absolute Gasteiger partial charge is 0.382 e. The maximum Gasteiger partial charge on any atom is 0.276 e. The quantitative estimate of drug-likeness (QED) is 0.387. The van der Waals surface area contributed by atoms with E-state index in [1.807, 2.05) is 22.1 Å². The fourth-order valence-corrected chi connectivity index (χ4v) is 0.316. The predicted octanol–water partition coefficient (Wildman–Crippen LogP) is -2.05. The Kier molecular flexibility index (Phi) is 3.27. The van der Waals surface area contributed by atoms with Gasteiger partial charge in [0.1, 0.15) is 0 Å². The lowest BCUT2D eigenvalue weighted by Crippen LogP contribution is -2.30. The third-order valence-corrected chi connectivity index (χ3v) is 0.474. The average molecular weight is 83.7 g/mol. The molecule has 0 rings (SSSR count). The van der Waals surface area contributed by atoms with Gasteiger partial charge < -0.3 is 9.95 Å². The van der Waals surface area contributed by atoms with Gasteiger partial charge in [0.05, 0.1) is 0 Å². The Balaban J connectivity index is 2.63. The molecule has 0 aromatic carbocycles. The normalized spacial score (nSPS) is 9.17. The van der Waals surface area contributed by atoms with Crippen molar-refractivity contribution in [3.63, 3.8) is 0 Å². The summed E-state index contributed by atoms with van der Waals surface area (Å²) in [6.07, 6.45) is 0. The molecule has 0 heterocycles. The van der Waals surface area contributed by atoms with E-state index in [2.05, 4.69) is 9.95 Å². The average Bonchev–Trinajstić information content (AvgIpc) is 1.35. The van der Waals surface area contributed by atoms with E-state index in [1.54, 1.807) is 0 Å². The lowest BCUT2D eigenvalue weighted by Gasteiger charge is -2.03. The van der Waals surface area contributed by atoms with Gasteiger partial charge in [-0.2, -0.15) is 0 Å². The summed E-state index contributed by atoms with van der Waals surface area (Å²) in [6.45, 7) is 0. The van der Waals surface area contributed by atoms with Crippen molar-refractivity contribution < 1.29 is 0 Å². The zero-order valence-corrected chi connectivity index (χ0v) is 4.65. The molecular formula is C2H10B2N2. The molecule has 0 unspecified atom stereocenters. The van der Waals surface area contributed by atoms with Crippen LogP contribution < -0.4 is 5.23 Å². The molecule has 34 valence electrons. The first-order valence-electron chi connectivity index (χ1n) is 2.06. The molecule has 0 aliphatic rings. The van der Waals surface area contributed by atoms with Crippen LogP contribution in [0, 0.1) is 0 Å². The van der Waals surface area contributed by atoms with Gasteiger partial charge in [-0.05, 0) is 14.1 Å². The first-order chi connectivity index (χ1) is 2.77. The highest BCUT2D eigenvalue weighted by molar-refractivity contribution is 6.38. The summed E-state index contributed by atoms with van der Waals surface area (Å²) in [5.41, 5.74) is 0. The molecule has 0 amide bonds. The Morgan fingerprint density at radius 1 is 1.83 bits per heavy atom. The van der Waals surface area contributed by atoms with Crippen LogP contribution in [0.25, 0.3) is 0 Å². The van der Waals surface area contributed by atoms with E-state index in [4.69, 9.17) is 0 Å². The van der Waals surface area contributed by atoms with E-state index >= 15 is 0 Å². The highest BCUT2D eigenvalue weighted by Gasteiger charge is 1.83. The van der Waals surface area contributed by atoms with Gasteiger partial charge in [0.25, 0.3) is 7.55 Å². The van der Waals surface area contributed by atoms with Gasteiger partial charge in [0.2, 0.25) is 0 Å². The monoisotopic (exact) mass is 84.1 g/mol. The van der Waals surface area contributed by atoms with Crippen LogP contribution in [0.15, 0.2) is 0 Å². The Morgan fingerprint density at radius 3 is 2.33 bits per heavy atom. The topological polar surface area (TPSA) is 15.3 Å². The zero-order valence-electron chi connectivity index (χ0n) is 4.65. The third kappa shape index (κ3) is 4.05. The number of nitrogens with zero attached hydrogens (tertiary/aromatic N) is 1. The van der Waals surface area contributed by atoms with Gasteiger partial charge in [-0.3, -0.25) is 0 Å². The first kappa shape index (κ1) is 6.05. The van der Waals surface area contributed by atoms with Crippen LogP contribution >= 0.6 is 0 Å². The van der Waals surface area contributed by atoms with Crippen molar-refractivity contribution in [1.29, 1.82) is 0 Å². The number of hydrogen-bond donors (Lipinski definition) is 1. The molecule has 0 aliphatic carbocycles. The molecule has 0 radical (unpaired) electrons. The molecular weight excluding hydrogens is 73.7 g/mol. The summed E-state index contributed by atoms with van der Waals surface area (Å²) in [4.78, 5) is 0. The van der Waals surface area contributed by atoms with E-state index in [0.717, 1.165) is 7.55 Å². The van der Waals surface area contributed by atoms with Crippen LogP contribution in [0.5, 0.6) is 0 Å². The third-order valence-electron chi connectivity index (χ3n) is 0.474. The van der Waals surface area contributed by atoms with Crippen LogP contribution in [-0.2, 0) is 0 Å². The molecule has 0 spiro atoms. The van der Waals surface area contributed by atoms with Gasteiger partial charge in [-0.1, -0.05) is 0 Å². The van der Waals surface area contributed by atoms with Crippen LogP contribution in [0.2, 0.25) is 0 Å². The number of rotatable bonds is 2. The smallest absolute Gasteiger partial charge is 0.276 e. The van der Waals surface area contributed by atoms with Crippen molar-refractivity contribution in [2.45, 2.75) is 0 Å². The summed E-state index contributed by atoms with van der Waals surface area (Å²) in [6, 6.07) is 0. The molecule has 0 atom stereocenters. The first-order valence-corrected chi connectivity index (χ1v) is 2.06. The fraction of sp³-hybridized carbons (Fsp3) is 1.00. The number of hydrogen-bond acceptors (Lipinski definition) is 2. The van der Waals surface area contributed by atoms with Gasteiger partial charge in [0, 0.05) is 0 Å². The lowest BCUT2D eigenvalue weighted by molar-refractivity contribution is 0.841. The molecule has 6 heavy (non-hydrogen) atoms. The van der Waals surface area contributed by atoms with Crippen LogP contribution in [0.1, 0.15) is 0 Å². The summed E-state index contributed by atoms with van der Waals surface area (Å²) in [7, 11) is 6.94. The molecule has 0 aromatic rings. The van der Waals surface area contributed by atoms with Crippen molar-refractivity contribution in [3.05, 3.63) is 0 Å². The van der Waals surface area contributed by atoms with Crippen LogP contribution in [0.3, 0.4) is 0 Å². The maximum atomic E-state index is 2.99. The Morgan fingerprint density at radius 2 is 2.33 bits per heavy atom. The SMILES string of the molecule is BN(C)BNC. The fourth-order valence-electron chi connectivity index (χ4n) is 0.316. The Hall–Kier alpha value is 0.0499. The van der Waals surface area contributed by atoms with Gasteiger partial charge in [-0.15, -0.1) is 0 Å².